The van der Waals surface area contributed by atoms with E-state index in [9.17, 15) is 4.39 Å². The van der Waals surface area contributed by atoms with Crippen LogP contribution in [0.2, 0.25) is 0 Å². The molecule has 1 aromatic heterocycles. The molecule has 0 unspecified atom stereocenters. The first-order valence-electron chi connectivity index (χ1n) is 8.94. The van der Waals surface area contributed by atoms with Crippen molar-refractivity contribution in [2.45, 2.75) is 31.7 Å². The number of halogens is 1. The zero-order valence-corrected chi connectivity index (χ0v) is 15.3. The predicted octanol–water partition coefficient (Wildman–Crippen LogP) is 3.02. The van der Waals surface area contributed by atoms with E-state index >= 15 is 0 Å². The first kappa shape index (κ1) is 18.2. The van der Waals surface area contributed by atoms with Crippen molar-refractivity contribution in [2.24, 2.45) is 4.99 Å². The molecule has 138 valence electrons. The minimum Gasteiger partial charge on any atom is -0.481 e. The predicted molar refractivity (Wildman–Crippen MR) is 101 cm³/mol. The number of aromatic nitrogens is 1. The van der Waals surface area contributed by atoms with Gasteiger partial charge in [0.1, 0.15) is 5.82 Å². The average molecular weight is 356 g/mol. The van der Waals surface area contributed by atoms with Crippen LogP contribution in [0.25, 0.3) is 0 Å². The van der Waals surface area contributed by atoms with Crippen LogP contribution in [0.5, 0.6) is 5.88 Å². The number of ether oxygens (including phenoxy) is 1. The highest BCUT2D eigenvalue weighted by molar-refractivity contribution is 5.80. The molecule has 0 bridgehead atoms. The fraction of sp³-hybridized carbons (Fsp3) is 0.400. The lowest BCUT2D eigenvalue weighted by Gasteiger charge is -2.19. The van der Waals surface area contributed by atoms with Gasteiger partial charge in [-0.2, -0.15) is 0 Å². The molecule has 1 fully saturated rings. The Balaban J connectivity index is 1.66. The van der Waals surface area contributed by atoms with Crippen molar-refractivity contribution in [3.63, 3.8) is 0 Å². The van der Waals surface area contributed by atoms with Gasteiger partial charge in [0.2, 0.25) is 5.88 Å². The number of nitrogens with zero attached hydrogens (tertiary/aromatic N) is 2. The monoisotopic (exact) mass is 356 g/mol. The Hall–Kier alpha value is -2.63. The van der Waals surface area contributed by atoms with Crippen LogP contribution in [0, 0.1) is 5.82 Å². The summed E-state index contributed by atoms with van der Waals surface area (Å²) >= 11 is 0. The van der Waals surface area contributed by atoms with Gasteiger partial charge >= 0.3 is 0 Å². The van der Waals surface area contributed by atoms with Crippen molar-refractivity contribution < 1.29 is 9.13 Å². The van der Waals surface area contributed by atoms with Gasteiger partial charge in [-0.1, -0.05) is 24.3 Å². The molecule has 1 aliphatic carbocycles. The number of pyridine rings is 1. The summed E-state index contributed by atoms with van der Waals surface area (Å²) in [5.74, 6) is 1.15. The molecule has 1 aliphatic rings. The number of nitrogens with one attached hydrogen (secondary N) is 2. The number of hydrogen-bond acceptors (Lipinski definition) is 3. The molecule has 1 aromatic carbocycles. The molecule has 0 atom stereocenters. The number of rotatable bonds is 7. The minimum absolute atomic E-state index is 0.129. The van der Waals surface area contributed by atoms with Crippen LogP contribution in [0.3, 0.4) is 0 Å². The summed E-state index contributed by atoms with van der Waals surface area (Å²) < 4.78 is 19.3. The number of benzene rings is 1. The van der Waals surface area contributed by atoms with E-state index in [0.29, 0.717) is 24.9 Å². The smallest absolute Gasteiger partial charge is 0.213 e. The Kier molecular flexibility index (Phi) is 5.71. The molecule has 0 aliphatic heterocycles. The summed E-state index contributed by atoms with van der Waals surface area (Å²) in [6.45, 7) is 3.87. The first-order chi connectivity index (χ1) is 12.7. The Morgan fingerprint density at radius 2 is 2.00 bits per heavy atom. The first-order valence-corrected chi connectivity index (χ1v) is 8.94. The van der Waals surface area contributed by atoms with Gasteiger partial charge in [0, 0.05) is 24.6 Å². The highest BCUT2D eigenvalue weighted by Gasteiger charge is 2.45. The van der Waals surface area contributed by atoms with Gasteiger partial charge in [-0.15, -0.1) is 0 Å². The molecule has 2 aromatic rings. The molecule has 3 rings (SSSR count). The molecule has 0 spiro atoms. The van der Waals surface area contributed by atoms with E-state index in [1.54, 1.807) is 13.2 Å². The standard InChI is InChI=1S/C20H25FN4O/c1-3-22-19(23-13-15-7-6-10-18(25-15)26-2)24-14-20(11-12-20)16-8-4-5-9-17(16)21/h4-10H,3,11-14H2,1-2H3,(H2,22,23,24). The van der Waals surface area contributed by atoms with Crippen LogP contribution in [0.1, 0.15) is 31.0 Å². The van der Waals surface area contributed by atoms with Crippen LogP contribution >= 0.6 is 0 Å². The molecule has 6 heteroatoms. The summed E-state index contributed by atoms with van der Waals surface area (Å²) in [4.78, 5) is 8.96. The van der Waals surface area contributed by atoms with E-state index in [4.69, 9.17) is 4.74 Å². The van der Waals surface area contributed by atoms with Crippen molar-refractivity contribution in [3.8, 4) is 5.88 Å². The van der Waals surface area contributed by atoms with Crippen LogP contribution in [-0.2, 0) is 12.0 Å². The third-order valence-electron chi connectivity index (χ3n) is 4.63. The van der Waals surface area contributed by atoms with Gasteiger partial charge in [-0.05, 0) is 37.5 Å². The van der Waals surface area contributed by atoms with Crippen LogP contribution < -0.4 is 15.4 Å². The van der Waals surface area contributed by atoms with E-state index in [1.165, 1.54) is 6.07 Å². The van der Waals surface area contributed by atoms with E-state index in [0.717, 1.165) is 30.6 Å². The maximum absolute atomic E-state index is 14.1. The SMILES string of the molecule is CCNC(=NCc1cccc(OC)n1)NCC1(c2ccccc2F)CC1. The quantitative estimate of drug-likeness (QED) is 0.591. The number of guanidine groups is 1. The summed E-state index contributed by atoms with van der Waals surface area (Å²) in [6.07, 6.45) is 1.97. The summed E-state index contributed by atoms with van der Waals surface area (Å²) in [7, 11) is 1.60. The number of aliphatic imine (C=N–C) groups is 1. The lowest BCUT2D eigenvalue weighted by molar-refractivity contribution is 0.396. The van der Waals surface area contributed by atoms with E-state index in [2.05, 4.69) is 20.6 Å². The van der Waals surface area contributed by atoms with Crippen molar-refractivity contribution in [2.75, 3.05) is 20.2 Å². The van der Waals surface area contributed by atoms with Crippen molar-refractivity contribution in [1.29, 1.82) is 0 Å². The van der Waals surface area contributed by atoms with Crippen LogP contribution in [-0.4, -0.2) is 31.1 Å². The third-order valence-corrected chi connectivity index (χ3v) is 4.63. The molecule has 0 radical (unpaired) electrons. The fourth-order valence-electron chi connectivity index (χ4n) is 3.00. The van der Waals surface area contributed by atoms with Gasteiger partial charge in [0.15, 0.2) is 5.96 Å². The molecule has 5 nitrogen and oxygen atoms in total. The molecule has 1 saturated carbocycles. The molecule has 26 heavy (non-hydrogen) atoms. The van der Waals surface area contributed by atoms with Crippen LogP contribution in [0.15, 0.2) is 47.5 Å². The van der Waals surface area contributed by atoms with Gasteiger partial charge < -0.3 is 15.4 Å². The highest BCUT2D eigenvalue weighted by Crippen LogP contribution is 2.48. The maximum atomic E-state index is 14.1. The van der Waals surface area contributed by atoms with Gasteiger partial charge in [0.25, 0.3) is 0 Å². The third kappa shape index (κ3) is 4.31. The zero-order valence-electron chi connectivity index (χ0n) is 15.3. The fourth-order valence-corrected chi connectivity index (χ4v) is 3.00. The Morgan fingerprint density at radius 3 is 2.69 bits per heavy atom. The van der Waals surface area contributed by atoms with E-state index in [1.807, 2.05) is 37.3 Å². The molecule has 2 N–H and O–H groups in total. The van der Waals surface area contributed by atoms with E-state index in [-0.39, 0.29) is 11.2 Å². The lowest BCUT2D eigenvalue weighted by atomic mass is 9.95. The van der Waals surface area contributed by atoms with Crippen molar-refractivity contribution in [1.82, 2.24) is 15.6 Å². The van der Waals surface area contributed by atoms with Crippen LogP contribution in [0.4, 0.5) is 4.39 Å². The van der Waals surface area contributed by atoms with Crippen molar-refractivity contribution in [3.05, 3.63) is 59.5 Å². The molecule has 1 heterocycles. The number of methoxy groups -OCH3 is 1. The highest BCUT2D eigenvalue weighted by atomic mass is 19.1. The molecule has 0 saturated heterocycles. The average Bonchev–Trinajstić information content (AvgIpc) is 3.45. The second kappa shape index (κ2) is 8.17. The summed E-state index contributed by atoms with van der Waals surface area (Å²) in [6, 6.07) is 12.7. The Morgan fingerprint density at radius 1 is 1.19 bits per heavy atom. The number of hydrogen-bond donors (Lipinski definition) is 2. The maximum Gasteiger partial charge on any atom is 0.213 e. The minimum atomic E-state index is -0.130. The zero-order chi connectivity index (χ0) is 18.4. The molecular formula is C20H25FN4O. The lowest BCUT2D eigenvalue weighted by Crippen LogP contribution is -2.41. The summed E-state index contributed by atoms with van der Waals surface area (Å²) in [5, 5.41) is 6.60. The van der Waals surface area contributed by atoms with E-state index < -0.39 is 0 Å². The Bertz CT molecular complexity index is 774. The topological polar surface area (TPSA) is 58.5 Å². The summed E-state index contributed by atoms with van der Waals surface area (Å²) in [5.41, 5.74) is 1.49. The molecular weight excluding hydrogens is 331 g/mol. The van der Waals surface area contributed by atoms with Gasteiger partial charge in [0.05, 0.1) is 19.3 Å². The van der Waals surface area contributed by atoms with Gasteiger partial charge in [-0.25, -0.2) is 14.4 Å². The Labute approximate surface area is 153 Å². The van der Waals surface area contributed by atoms with Gasteiger partial charge in [-0.3, -0.25) is 0 Å². The second-order valence-corrected chi connectivity index (χ2v) is 6.48. The van der Waals surface area contributed by atoms with Crippen molar-refractivity contribution >= 4 is 5.96 Å². The largest absolute Gasteiger partial charge is 0.481 e. The normalized spacial score (nSPS) is 15.4. The second-order valence-electron chi connectivity index (χ2n) is 6.48. The molecule has 0 amide bonds.